The zero-order chi connectivity index (χ0) is 10.5. The maximum absolute atomic E-state index is 5.80. The Hall–Kier alpha value is -0.0800. The van der Waals surface area contributed by atoms with Gasteiger partial charge in [0.2, 0.25) is 0 Å². The first-order valence-electron chi connectivity index (χ1n) is 5.76. The molecule has 5 radical (unpaired) electrons. The van der Waals surface area contributed by atoms with E-state index in [1.807, 2.05) is 6.20 Å². The number of halogens is 1. The van der Waals surface area contributed by atoms with Gasteiger partial charge in [0.05, 0.1) is 10.9 Å². The number of thiazole rings is 1. The highest BCUT2D eigenvalue weighted by atomic mass is 35.5. The molecule has 1 aromatic rings. The van der Waals surface area contributed by atoms with Crippen molar-refractivity contribution in [2.24, 2.45) is 0 Å². The zero-order valence-corrected chi connectivity index (χ0v) is 12.0. The Morgan fingerprint density at radius 2 is 1.65 bits per heavy atom. The van der Waals surface area contributed by atoms with E-state index in [4.69, 9.17) is 11.6 Å². The van der Waals surface area contributed by atoms with Crippen molar-refractivity contribution in [1.29, 1.82) is 0 Å². The molecule has 1 fully saturated rings. The van der Waals surface area contributed by atoms with Gasteiger partial charge in [-0.1, -0.05) is 47.0 Å². The average molecular weight is 271 g/mol. The monoisotopic (exact) mass is 270 g/mol. The first kappa shape index (κ1) is 16.9. The summed E-state index contributed by atoms with van der Waals surface area (Å²) in [6, 6.07) is 0. The van der Waals surface area contributed by atoms with E-state index in [1.54, 1.807) is 17.3 Å². The van der Waals surface area contributed by atoms with Crippen molar-refractivity contribution in [3.63, 3.8) is 0 Å². The topological polar surface area (TPSA) is 12.9 Å². The lowest BCUT2D eigenvalue weighted by Gasteiger charge is -2.16. The average Bonchev–Trinajstić information content (AvgIpc) is 2.65. The van der Waals surface area contributed by atoms with Gasteiger partial charge in [-0.2, -0.15) is 0 Å². The molecule has 1 aromatic heterocycles. The second-order valence-corrected chi connectivity index (χ2v) is 5.52. The van der Waals surface area contributed by atoms with Crippen LogP contribution in [0.3, 0.4) is 0 Å². The minimum atomic E-state index is 0. The van der Waals surface area contributed by atoms with E-state index in [1.165, 1.54) is 54.8 Å². The van der Waals surface area contributed by atoms with Crippen LogP contribution in [0.2, 0.25) is 0 Å². The summed E-state index contributed by atoms with van der Waals surface area (Å²) < 4.78 is 0. The van der Waals surface area contributed by atoms with Crippen molar-refractivity contribution in [1.82, 2.24) is 4.98 Å². The van der Waals surface area contributed by atoms with Crippen molar-refractivity contribution < 1.29 is 0 Å². The standard InChI is InChI=1S/C12H17ClNS.2CH2/c13-8-11-9-14-12(15-11)10-6-4-2-1-3-5-7-10;;/h9H,1-8H2;2*1H2. The van der Waals surface area contributed by atoms with Crippen LogP contribution < -0.4 is 0 Å². The van der Waals surface area contributed by atoms with Gasteiger partial charge in [0.1, 0.15) is 0 Å². The Morgan fingerprint density at radius 3 is 2.18 bits per heavy atom. The molecule has 0 amide bonds. The molecule has 0 bridgehead atoms. The Kier molecular flexibility index (Phi) is 8.89. The highest BCUT2D eigenvalue weighted by Gasteiger charge is 2.17. The van der Waals surface area contributed by atoms with Crippen LogP contribution in [0.4, 0.5) is 0 Å². The largest absolute Gasteiger partial charge is 0.249 e. The number of hydrogen-bond donors (Lipinski definition) is 0. The van der Waals surface area contributed by atoms with Crippen molar-refractivity contribution in [3.8, 4) is 0 Å². The predicted octanol–water partition coefficient (Wildman–Crippen LogP) is 5.20. The maximum Gasteiger partial charge on any atom is 0.0999 e. The van der Waals surface area contributed by atoms with Gasteiger partial charge < -0.3 is 0 Å². The molecule has 1 aliphatic rings. The molecule has 1 nitrogen and oxygen atoms in total. The molecule has 0 unspecified atom stereocenters. The Bertz CT molecular complexity index is 290. The molecule has 0 saturated heterocycles. The van der Waals surface area contributed by atoms with Crippen LogP contribution in [-0.2, 0) is 5.88 Å². The Labute approximate surface area is 116 Å². The fourth-order valence-electron chi connectivity index (χ4n) is 2.08. The summed E-state index contributed by atoms with van der Waals surface area (Å²) in [6.45, 7) is 0. The Morgan fingerprint density at radius 1 is 1.06 bits per heavy atom. The minimum Gasteiger partial charge on any atom is -0.249 e. The van der Waals surface area contributed by atoms with Gasteiger partial charge in [-0.05, 0) is 12.8 Å². The molecule has 0 N–H and O–H groups in total. The number of alkyl halides is 1. The van der Waals surface area contributed by atoms with Crippen molar-refractivity contribution in [2.45, 2.75) is 50.8 Å². The second-order valence-electron chi connectivity index (χ2n) is 4.14. The molecule has 17 heavy (non-hydrogen) atoms. The summed E-state index contributed by atoms with van der Waals surface area (Å²) in [6.07, 6.45) is 11.3. The minimum absolute atomic E-state index is 0. The van der Waals surface area contributed by atoms with E-state index in [-0.39, 0.29) is 14.9 Å². The lowest BCUT2D eigenvalue weighted by Crippen LogP contribution is -2.02. The lowest BCUT2D eigenvalue weighted by atomic mass is 9.92. The first-order chi connectivity index (χ1) is 7.40. The SMILES string of the molecule is ClCc1cnc([C]2CCCCCCC2)s1.[CH2].[CH2]. The van der Waals surface area contributed by atoms with Crippen LogP contribution in [0.15, 0.2) is 6.20 Å². The van der Waals surface area contributed by atoms with Crippen LogP contribution in [0, 0.1) is 20.8 Å². The second kappa shape index (κ2) is 8.93. The molecule has 2 rings (SSSR count). The van der Waals surface area contributed by atoms with Gasteiger partial charge in [0, 0.05) is 17.0 Å². The molecule has 1 saturated carbocycles. The van der Waals surface area contributed by atoms with Gasteiger partial charge in [-0.25, -0.2) is 4.98 Å². The summed E-state index contributed by atoms with van der Waals surface area (Å²) in [5.74, 6) is 2.17. The molecule has 0 aliphatic heterocycles. The number of aromatic nitrogens is 1. The van der Waals surface area contributed by atoms with Crippen LogP contribution in [0.5, 0.6) is 0 Å². The third-order valence-corrected chi connectivity index (χ3v) is 4.49. The normalized spacial score (nSPS) is 17.5. The van der Waals surface area contributed by atoms with Gasteiger partial charge >= 0.3 is 0 Å². The number of nitrogens with zero attached hydrogens (tertiary/aromatic N) is 1. The molecule has 1 heterocycles. The molecule has 1 aliphatic carbocycles. The first-order valence-corrected chi connectivity index (χ1v) is 7.11. The summed E-state index contributed by atoms with van der Waals surface area (Å²) in [5, 5.41) is 1.24. The van der Waals surface area contributed by atoms with Crippen molar-refractivity contribution >= 4 is 22.9 Å². The van der Waals surface area contributed by atoms with Gasteiger partial charge in [-0.3, -0.25) is 0 Å². The predicted molar refractivity (Wildman–Crippen MR) is 77.0 cm³/mol. The fourth-order valence-corrected chi connectivity index (χ4v) is 3.17. The van der Waals surface area contributed by atoms with Gasteiger partial charge in [0.25, 0.3) is 0 Å². The number of hydrogen-bond acceptors (Lipinski definition) is 2. The molecule has 0 aromatic carbocycles. The van der Waals surface area contributed by atoms with Gasteiger partial charge in [0.15, 0.2) is 0 Å². The van der Waals surface area contributed by atoms with E-state index in [0.717, 1.165) is 0 Å². The number of rotatable bonds is 2. The molecule has 0 spiro atoms. The van der Waals surface area contributed by atoms with Gasteiger partial charge in [-0.15, -0.1) is 22.9 Å². The summed E-state index contributed by atoms with van der Waals surface area (Å²) in [4.78, 5) is 5.68. The van der Waals surface area contributed by atoms with E-state index in [0.29, 0.717) is 5.88 Å². The third kappa shape index (κ3) is 4.97. The molecule has 3 heteroatoms. The summed E-state index contributed by atoms with van der Waals surface area (Å²) in [7, 11) is 0. The smallest absolute Gasteiger partial charge is 0.0999 e. The molecule has 0 atom stereocenters. The van der Waals surface area contributed by atoms with Crippen LogP contribution >= 0.6 is 22.9 Å². The highest BCUT2D eigenvalue weighted by molar-refractivity contribution is 7.12. The van der Waals surface area contributed by atoms with E-state index in [2.05, 4.69) is 4.98 Å². The van der Waals surface area contributed by atoms with Crippen molar-refractivity contribution in [3.05, 3.63) is 36.9 Å². The fraction of sp³-hybridized carbons (Fsp3) is 0.571. The summed E-state index contributed by atoms with van der Waals surface area (Å²) in [5.41, 5.74) is 0. The van der Waals surface area contributed by atoms with Crippen molar-refractivity contribution in [2.75, 3.05) is 0 Å². The highest BCUT2D eigenvalue weighted by Crippen LogP contribution is 2.32. The quantitative estimate of drug-likeness (QED) is 0.673. The molecular weight excluding hydrogens is 250 g/mol. The third-order valence-electron chi connectivity index (χ3n) is 2.94. The van der Waals surface area contributed by atoms with Crippen LogP contribution in [0.25, 0.3) is 0 Å². The Balaban J connectivity index is 0.00000128. The van der Waals surface area contributed by atoms with E-state index >= 15 is 0 Å². The van der Waals surface area contributed by atoms with Crippen LogP contribution in [-0.4, -0.2) is 4.98 Å². The molecular formula is C14H21ClNS. The molecule has 95 valence electrons. The maximum atomic E-state index is 5.80. The lowest BCUT2D eigenvalue weighted by molar-refractivity contribution is 0.537. The van der Waals surface area contributed by atoms with Crippen LogP contribution in [0.1, 0.15) is 54.8 Å². The zero-order valence-electron chi connectivity index (χ0n) is 10.4. The van der Waals surface area contributed by atoms with E-state index < -0.39 is 0 Å². The summed E-state index contributed by atoms with van der Waals surface area (Å²) >= 11 is 7.57. The van der Waals surface area contributed by atoms with E-state index in [9.17, 15) is 0 Å².